The van der Waals surface area contributed by atoms with Crippen LogP contribution in [-0.4, -0.2) is 12.7 Å². The van der Waals surface area contributed by atoms with Gasteiger partial charge in [-0.3, -0.25) is 0 Å². The van der Waals surface area contributed by atoms with Gasteiger partial charge in [-0.05, 0) is 56.7 Å². The molecule has 2 nitrogen and oxygen atoms in total. The third kappa shape index (κ3) is 2.11. The maximum atomic E-state index is 6.27. The number of hydrogen-bond acceptors (Lipinski definition) is 2. The molecule has 1 aromatic carbocycles. The van der Waals surface area contributed by atoms with Crippen molar-refractivity contribution in [2.24, 2.45) is 11.8 Å². The van der Waals surface area contributed by atoms with Gasteiger partial charge in [0.1, 0.15) is 17.1 Å². The molecule has 2 heteroatoms. The van der Waals surface area contributed by atoms with Crippen molar-refractivity contribution >= 4 is 0 Å². The quantitative estimate of drug-likeness (QED) is 0.745. The predicted molar refractivity (Wildman–Crippen MR) is 76.9 cm³/mol. The van der Waals surface area contributed by atoms with Crippen molar-refractivity contribution in [3.05, 3.63) is 23.8 Å². The lowest BCUT2D eigenvalue weighted by Crippen LogP contribution is -2.46. The fourth-order valence-corrected chi connectivity index (χ4v) is 3.95. The number of methoxy groups -OCH3 is 1. The van der Waals surface area contributed by atoms with Gasteiger partial charge in [-0.2, -0.15) is 0 Å². The van der Waals surface area contributed by atoms with E-state index in [2.05, 4.69) is 32.9 Å². The van der Waals surface area contributed by atoms with Crippen molar-refractivity contribution < 1.29 is 9.47 Å². The topological polar surface area (TPSA) is 18.5 Å². The average Bonchev–Trinajstić information content (AvgIpc) is 2.37. The molecule has 1 saturated carbocycles. The molecule has 0 aromatic heterocycles. The van der Waals surface area contributed by atoms with Crippen LogP contribution in [0, 0.1) is 11.8 Å². The summed E-state index contributed by atoms with van der Waals surface area (Å²) < 4.78 is 11.7. The fourth-order valence-electron chi connectivity index (χ4n) is 3.95. The predicted octanol–water partition coefficient (Wildman–Crippen LogP) is 4.39. The minimum atomic E-state index is -0.0492. The first-order valence-corrected chi connectivity index (χ1v) is 7.38. The zero-order valence-corrected chi connectivity index (χ0v) is 12.4. The van der Waals surface area contributed by atoms with E-state index in [4.69, 9.17) is 9.47 Å². The first kappa shape index (κ1) is 12.8. The highest BCUT2D eigenvalue weighted by Crippen LogP contribution is 2.53. The fraction of sp³-hybridized carbons (Fsp3) is 0.647. The number of rotatable bonds is 1. The van der Waals surface area contributed by atoms with E-state index in [9.17, 15) is 0 Å². The lowest BCUT2D eigenvalue weighted by atomic mass is 9.64. The molecule has 19 heavy (non-hydrogen) atoms. The van der Waals surface area contributed by atoms with E-state index in [1.807, 2.05) is 6.07 Å². The molecule has 0 amide bonds. The summed E-state index contributed by atoms with van der Waals surface area (Å²) in [4.78, 5) is 0. The number of hydrogen-bond donors (Lipinski definition) is 0. The molecule has 104 valence electrons. The Labute approximate surface area is 116 Å². The summed E-state index contributed by atoms with van der Waals surface area (Å²) in [5.41, 5.74) is 1.31. The van der Waals surface area contributed by atoms with Crippen LogP contribution in [0.3, 0.4) is 0 Å². The van der Waals surface area contributed by atoms with Gasteiger partial charge < -0.3 is 9.47 Å². The van der Waals surface area contributed by atoms with Crippen LogP contribution < -0.4 is 9.47 Å². The van der Waals surface area contributed by atoms with Crippen LogP contribution in [0.4, 0.5) is 0 Å². The second-order valence-electron chi connectivity index (χ2n) is 6.74. The zero-order chi connectivity index (χ0) is 13.6. The van der Waals surface area contributed by atoms with Crippen LogP contribution in [-0.2, 0) is 0 Å². The van der Waals surface area contributed by atoms with Gasteiger partial charge in [-0.15, -0.1) is 0 Å². The first-order valence-electron chi connectivity index (χ1n) is 7.38. The van der Waals surface area contributed by atoms with Crippen LogP contribution in [0.1, 0.15) is 51.5 Å². The zero-order valence-electron chi connectivity index (χ0n) is 12.4. The first-order chi connectivity index (χ1) is 9.01. The molecule has 0 bridgehead atoms. The molecule has 3 rings (SSSR count). The molecule has 1 aliphatic carbocycles. The summed E-state index contributed by atoms with van der Waals surface area (Å²) in [6, 6.07) is 6.26. The summed E-state index contributed by atoms with van der Waals surface area (Å²) in [6.45, 7) is 6.86. The van der Waals surface area contributed by atoms with Crippen molar-refractivity contribution in [1.82, 2.24) is 0 Å². The second kappa shape index (κ2) is 4.43. The van der Waals surface area contributed by atoms with E-state index in [0.29, 0.717) is 11.8 Å². The normalized spacial score (nSPS) is 31.9. The van der Waals surface area contributed by atoms with Gasteiger partial charge >= 0.3 is 0 Å². The number of benzene rings is 1. The van der Waals surface area contributed by atoms with Gasteiger partial charge in [0, 0.05) is 11.5 Å². The van der Waals surface area contributed by atoms with E-state index >= 15 is 0 Å². The van der Waals surface area contributed by atoms with Gasteiger partial charge in [-0.1, -0.05) is 13.3 Å². The molecule has 0 N–H and O–H groups in total. The molecule has 1 heterocycles. The van der Waals surface area contributed by atoms with Crippen LogP contribution in [0.25, 0.3) is 0 Å². The highest BCUT2D eigenvalue weighted by atomic mass is 16.5. The third-order valence-electron chi connectivity index (χ3n) is 4.99. The van der Waals surface area contributed by atoms with Gasteiger partial charge in [0.25, 0.3) is 0 Å². The Morgan fingerprint density at radius 3 is 2.79 bits per heavy atom. The van der Waals surface area contributed by atoms with E-state index in [1.165, 1.54) is 24.8 Å². The van der Waals surface area contributed by atoms with E-state index in [1.54, 1.807) is 7.11 Å². The SMILES string of the molecule is COc1ccc2c(c1)C1C[C@@H](C)CC[C@H]1C(C)(C)O2. The highest BCUT2D eigenvalue weighted by molar-refractivity contribution is 5.45. The van der Waals surface area contributed by atoms with Crippen molar-refractivity contribution in [1.29, 1.82) is 0 Å². The Bertz CT molecular complexity index is 478. The molecule has 2 aliphatic rings. The summed E-state index contributed by atoms with van der Waals surface area (Å²) in [7, 11) is 1.73. The number of fused-ring (bicyclic) bond motifs is 3. The maximum Gasteiger partial charge on any atom is 0.123 e. The molecule has 0 spiro atoms. The minimum absolute atomic E-state index is 0.0492. The lowest BCUT2D eigenvalue weighted by Gasteiger charge is -2.48. The molecular formula is C17H24O2. The summed E-state index contributed by atoms with van der Waals surface area (Å²) >= 11 is 0. The molecule has 1 aliphatic heterocycles. The Morgan fingerprint density at radius 2 is 2.05 bits per heavy atom. The van der Waals surface area contributed by atoms with Crippen molar-refractivity contribution in [3.8, 4) is 11.5 Å². The molecule has 0 saturated heterocycles. The third-order valence-corrected chi connectivity index (χ3v) is 4.99. The standard InChI is InChI=1S/C17H24O2/c1-11-5-7-15-13(9-11)14-10-12(18-4)6-8-16(14)19-17(15,2)3/h6,8,10-11,13,15H,5,7,9H2,1-4H3/t11-,13?,15+/m0/s1. The lowest BCUT2D eigenvalue weighted by molar-refractivity contribution is -0.0137. The van der Waals surface area contributed by atoms with Gasteiger partial charge in [0.05, 0.1) is 7.11 Å². The average molecular weight is 260 g/mol. The van der Waals surface area contributed by atoms with Gasteiger partial charge in [0.2, 0.25) is 0 Å². The monoisotopic (exact) mass is 260 g/mol. The van der Waals surface area contributed by atoms with E-state index in [-0.39, 0.29) is 5.60 Å². The second-order valence-corrected chi connectivity index (χ2v) is 6.74. The van der Waals surface area contributed by atoms with E-state index in [0.717, 1.165) is 17.4 Å². The van der Waals surface area contributed by atoms with E-state index < -0.39 is 0 Å². The summed E-state index contributed by atoms with van der Waals surface area (Å²) in [5, 5.41) is 0. The van der Waals surface area contributed by atoms with Crippen LogP contribution in [0.15, 0.2) is 18.2 Å². The largest absolute Gasteiger partial charge is 0.497 e. The smallest absolute Gasteiger partial charge is 0.123 e. The molecule has 1 fully saturated rings. The Balaban J connectivity index is 2.05. The summed E-state index contributed by atoms with van der Waals surface area (Å²) in [5.74, 6) is 4.07. The molecule has 3 atom stereocenters. The van der Waals surface area contributed by atoms with Crippen molar-refractivity contribution in [2.75, 3.05) is 7.11 Å². The number of ether oxygens (including phenoxy) is 2. The van der Waals surface area contributed by atoms with Crippen LogP contribution >= 0.6 is 0 Å². The molecule has 1 aromatic rings. The van der Waals surface area contributed by atoms with Gasteiger partial charge in [0.15, 0.2) is 0 Å². The Kier molecular flexibility index (Phi) is 2.99. The van der Waals surface area contributed by atoms with Crippen LogP contribution in [0.5, 0.6) is 11.5 Å². The van der Waals surface area contributed by atoms with Crippen molar-refractivity contribution in [2.45, 2.75) is 51.6 Å². The minimum Gasteiger partial charge on any atom is -0.497 e. The highest BCUT2D eigenvalue weighted by Gasteiger charge is 2.45. The van der Waals surface area contributed by atoms with Crippen LogP contribution in [0.2, 0.25) is 0 Å². The van der Waals surface area contributed by atoms with Crippen molar-refractivity contribution in [3.63, 3.8) is 0 Å². The molecule has 0 radical (unpaired) electrons. The Morgan fingerprint density at radius 1 is 1.26 bits per heavy atom. The summed E-state index contributed by atoms with van der Waals surface area (Å²) in [6.07, 6.45) is 3.88. The van der Waals surface area contributed by atoms with Gasteiger partial charge in [-0.25, -0.2) is 0 Å². The molecule has 1 unspecified atom stereocenters. The Hall–Kier alpha value is -1.18. The molecular weight excluding hydrogens is 236 g/mol. The maximum absolute atomic E-state index is 6.27.